The molecule has 1 fully saturated rings. The summed E-state index contributed by atoms with van der Waals surface area (Å²) in [6.45, 7) is 10.2. The Morgan fingerprint density at radius 3 is 2.64 bits per heavy atom. The second kappa shape index (κ2) is 10.8. The summed E-state index contributed by atoms with van der Waals surface area (Å²) in [6, 6.07) is 2.74. The van der Waals surface area contributed by atoms with Crippen LogP contribution in [0.2, 0.25) is 0 Å². The molecule has 8 nitrogen and oxygen atoms in total. The molecule has 206 valence electrons. The van der Waals surface area contributed by atoms with E-state index in [9.17, 15) is 9.18 Å². The van der Waals surface area contributed by atoms with Crippen LogP contribution in [0.3, 0.4) is 0 Å². The maximum Gasteiger partial charge on any atom is 0.235 e. The number of amides is 1. The molecule has 2 aliphatic rings. The maximum absolute atomic E-state index is 15.3. The van der Waals surface area contributed by atoms with Crippen molar-refractivity contribution in [2.75, 3.05) is 35.2 Å². The first-order chi connectivity index (χ1) is 18.6. The molecule has 1 saturated heterocycles. The zero-order chi connectivity index (χ0) is 27.7. The van der Waals surface area contributed by atoms with Crippen LogP contribution < -0.4 is 15.5 Å². The number of rotatable bonds is 8. The van der Waals surface area contributed by atoms with Crippen LogP contribution in [0.5, 0.6) is 0 Å². The minimum Gasteiger partial charge on any atom is -0.383 e. The lowest BCUT2D eigenvalue weighted by molar-refractivity contribution is -0.119. The Morgan fingerprint density at radius 1 is 1.15 bits per heavy atom. The lowest BCUT2D eigenvalue weighted by atomic mass is 9.86. The number of nitrogens with zero attached hydrogens (tertiary/aromatic N) is 5. The van der Waals surface area contributed by atoms with Crippen molar-refractivity contribution in [3.8, 4) is 11.3 Å². The summed E-state index contributed by atoms with van der Waals surface area (Å²) in [6.07, 6.45) is 7.58. The Hall–Kier alpha value is -3.69. The molecule has 5 heterocycles. The van der Waals surface area contributed by atoms with Gasteiger partial charge in [-0.2, -0.15) is 0 Å². The highest BCUT2D eigenvalue weighted by atomic mass is 19.1. The summed E-state index contributed by atoms with van der Waals surface area (Å²) in [7, 11) is 0. The van der Waals surface area contributed by atoms with Crippen molar-refractivity contribution in [2.45, 2.75) is 64.7 Å². The van der Waals surface area contributed by atoms with Gasteiger partial charge in [0.2, 0.25) is 5.91 Å². The number of anilines is 3. The van der Waals surface area contributed by atoms with Crippen LogP contribution in [0.25, 0.3) is 11.3 Å². The van der Waals surface area contributed by atoms with Crippen LogP contribution in [0.1, 0.15) is 70.6 Å². The molecule has 3 aromatic rings. The van der Waals surface area contributed by atoms with Gasteiger partial charge in [0, 0.05) is 43.4 Å². The molecule has 2 N–H and O–H groups in total. The van der Waals surface area contributed by atoms with E-state index in [0.717, 1.165) is 55.5 Å². The highest BCUT2D eigenvalue weighted by Crippen LogP contribution is 2.43. The minimum atomic E-state index is -0.720. The molecule has 0 unspecified atom stereocenters. The Morgan fingerprint density at radius 2 is 1.92 bits per heavy atom. The van der Waals surface area contributed by atoms with Crippen molar-refractivity contribution in [1.82, 2.24) is 19.9 Å². The molecule has 1 amide bonds. The Bertz CT molecular complexity index is 1370. The lowest BCUT2D eigenvalue weighted by Gasteiger charge is -2.35. The number of carbonyl (C=O) groups excluding carboxylic acids is 1. The Kier molecular flexibility index (Phi) is 7.46. The van der Waals surface area contributed by atoms with Crippen molar-refractivity contribution in [2.24, 2.45) is 5.92 Å². The standard InChI is InChI=1S/C29H35F2N7O/c1-17(2)6-5-9-33-22-13-21(31)24(19-12-20(30)15-32-14-19)36-25(22)18-7-10-38(11-8-18)27-23-26(34-16-35-27)37-28(39)29(23,3)4/h12-18,33H,5-11H2,1-4H3,(H,34,35,37,39). The summed E-state index contributed by atoms with van der Waals surface area (Å²) >= 11 is 0. The van der Waals surface area contributed by atoms with Crippen molar-refractivity contribution in [1.29, 1.82) is 0 Å². The molecule has 0 bridgehead atoms. The molecule has 0 aliphatic carbocycles. The first kappa shape index (κ1) is 26.9. The zero-order valence-corrected chi connectivity index (χ0v) is 22.9. The fourth-order valence-electron chi connectivity index (χ4n) is 5.46. The average Bonchev–Trinajstić information content (AvgIpc) is 3.14. The second-order valence-corrected chi connectivity index (χ2v) is 11.4. The van der Waals surface area contributed by atoms with Gasteiger partial charge in [-0.05, 0) is 51.5 Å². The largest absolute Gasteiger partial charge is 0.383 e. The zero-order valence-electron chi connectivity index (χ0n) is 22.9. The van der Waals surface area contributed by atoms with E-state index in [1.807, 2.05) is 13.8 Å². The summed E-state index contributed by atoms with van der Waals surface area (Å²) in [5.74, 6) is 0.867. The van der Waals surface area contributed by atoms with Gasteiger partial charge in [0.1, 0.15) is 29.5 Å². The van der Waals surface area contributed by atoms with Gasteiger partial charge in [-0.3, -0.25) is 9.78 Å². The van der Waals surface area contributed by atoms with E-state index < -0.39 is 17.0 Å². The Balaban J connectivity index is 1.41. The van der Waals surface area contributed by atoms with E-state index in [1.54, 1.807) is 0 Å². The van der Waals surface area contributed by atoms with Crippen LogP contribution in [0.4, 0.5) is 26.1 Å². The first-order valence-corrected chi connectivity index (χ1v) is 13.6. The minimum absolute atomic E-state index is 0.0670. The van der Waals surface area contributed by atoms with Gasteiger partial charge in [-0.15, -0.1) is 0 Å². The van der Waals surface area contributed by atoms with Crippen molar-refractivity contribution in [3.05, 3.63) is 53.7 Å². The maximum atomic E-state index is 15.3. The van der Waals surface area contributed by atoms with Crippen LogP contribution in [0.15, 0.2) is 30.9 Å². The van der Waals surface area contributed by atoms with E-state index in [1.165, 1.54) is 24.7 Å². The van der Waals surface area contributed by atoms with E-state index >= 15 is 4.39 Å². The molecule has 10 heteroatoms. The van der Waals surface area contributed by atoms with E-state index in [-0.39, 0.29) is 17.5 Å². The predicted octanol–water partition coefficient (Wildman–Crippen LogP) is 5.67. The van der Waals surface area contributed by atoms with Gasteiger partial charge in [-0.1, -0.05) is 13.8 Å². The summed E-state index contributed by atoms with van der Waals surface area (Å²) in [4.78, 5) is 32.2. The van der Waals surface area contributed by atoms with Crippen LogP contribution in [-0.4, -0.2) is 45.5 Å². The van der Waals surface area contributed by atoms with Gasteiger partial charge >= 0.3 is 0 Å². The van der Waals surface area contributed by atoms with E-state index in [2.05, 4.69) is 44.3 Å². The van der Waals surface area contributed by atoms with Crippen LogP contribution in [-0.2, 0) is 10.2 Å². The topological polar surface area (TPSA) is 95.9 Å². The van der Waals surface area contributed by atoms with Gasteiger partial charge in [-0.25, -0.2) is 23.7 Å². The monoisotopic (exact) mass is 535 g/mol. The quantitative estimate of drug-likeness (QED) is 0.359. The molecule has 0 saturated carbocycles. The number of carbonyl (C=O) groups is 1. The highest BCUT2D eigenvalue weighted by Gasteiger charge is 2.43. The molecule has 0 spiro atoms. The third-order valence-corrected chi connectivity index (χ3v) is 7.69. The number of nitrogens with one attached hydrogen (secondary N) is 2. The van der Waals surface area contributed by atoms with Crippen LogP contribution >= 0.6 is 0 Å². The molecular formula is C29H35F2N7O. The number of fused-ring (bicyclic) bond motifs is 1. The fourth-order valence-corrected chi connectivity index (χ4v) is 5.46. The number of halogens is 2. The smallest absolute Gasteiger partial charge is 0.235 e. The molecular weight excluding hydrogens is 500 g/mol. The van der Waals surface area contributed by atoms with Crippen LogP contribution in [0, 0.1) is 17.6 Å². The van der Waals surface area contributed by atoms with Crippen molar-refractivity contribution >= 4 is 23.2 Å². The molecule has 0 radical (unpaired) electrons. The predicted molar refractivity (Wildman–Crippen MR) is 148 cm³/mol. The summed E-state index contributed by atoms with van der Waals surface area (Å²) in [5.41, 5.74) is 1.98. The molecule has 3 aromatic heterocycles. The summed E-state index contributed by atoms with van der Waals surface area (Å²) < 4.78 is 29.2. The highest BCUT2D eigenvalue weighted by molar-refractivity contribution is 6.06. The molecule has 5 rings (SSSR count). The molecule has 39 heavy (non-hydrogen) atoms. The second-order valence-electron chi connectivity index (χ2n) is 11.4. The van der Waals surface area contributed by atoms with Crippen molar-refractivity contribution < 1.29 is 13.6 Å². The third kappa shape index (κ3) is 5.42. The first-order valence-electron chi connectivity index (χ1n) is 13.6. The SMILES string of the molecule is CC(C)CCCNc1cc(F)c(-c2cncc(F)c2)nc1C1CCN(c2ncnc3c2C(C)(C)C(=O)N3)CC1. The van der Waals surface area contributed by atoms with E-state index in [0.29, 0.717) is 36.1 Å². The molecule has 0 atom stereocenters. The average molecular weight is 536 g/mol. The number of piperidine rings is 1. The van der Waals surface area contributed by atoms with Gasteiger partial charge in [0.15, 0.2) is 5.82 Å². The number of hydrogen-bond donors (Lipinski definition) is 2. The Labute approximate surface area is 227 Å². The fraction of sp³-hybridized carbons (Fsp3) is 0.483. The normalized spacial score (nSPS) is 16.9. The number of aromatic nitrogens is 4. The third-order valence-electron chi connectivity index (χ3n) is 7.69. The number of pyridine rings is 2. The van der Waals surface area contributed by atoms with E-state index in [4.69, 9.17) is 4.98 Å². The lowest BCUT2D eigenvalue weighted by Crippen LogP contribution is -2.36. The van der Waals surface area contributed by atoms with Gasteiger partial charge in [0.05, 0.1) is 28.6 Å². The van der Waals surface area contributed by atoms with Crippen molar-refractivity contribution in [3.63, 3.8) is 0 Å². The summed E-state index contributed by atoms with van der Waals surface area (Å²) in [5, 5.41) is 6.29. The van der Waals surface area contributed by atoms with Gasteiger partial charge < -0.3 is 15.5 Å². The van der Waals surface area contributed by atoms with Gasteiger partial charge in [0.25, 0.3) is 0 Å². The molecule has 2 aliphatic heterocycles. The molecule has 0 aromatic carbocycles. The number of hydrogen-bond acceptors (Lipinski definition) is 7.